The number of hydrogen-bond acceptors (Lipinski definition) is 5. The Morgan fingerprint density at radius 1 is 1.38 bits per heavy atom. The fraction of sp³-hybridized carbons (Fsp3) is 0.714. The van der Waals surface area contributed by atoms with Crippen molar-refractivity contribution in [2.75, 3.05) is 32.8 Å². The van der Waals surface area contributed by atoms with Crippen molar-refractivity contribution in [3.05, 3.63) is 18.0 Å². The second kappa shape index (κ2) is 8.11. The predicted octanol–water partition coefficient (Wildman–Crippen LogP) is -0.548. The summed E-state index contributed by atoms with van der Waals surface area (Å²) in [5.74, 6) is -0.182. The van der Waals surface area contributed by atoms with Crippen molar-refractivity contribution in [1.82, 2.24) is 20.0 Å². The first-order valence-electron chi connectivity index (χ1n) is 7.52. The van der Waals surface area contributed by atoms with Gasteiger partial charge in [-0.05, 0) is 25.5 Å². The second-order valence-corrected chi connectivity index (χ2v) is 5.29. The second-order valence-electron chi connectivity index (χ2n) is 5.29. The summed E-state index contributed by atoms with van der Waals surface area (Å²) in [6.45, 7) is 2.70. The van der Waals surface area contributed by atoms with Crippen LogP contribution in [0.3, 0.4) is 0 Å². The first kappa shape index (κ1) is 15.9. The minimum atomic E-state index is -0.182. The third-order valence-electron chi connectivity index (χ3n) is 3.91. The smallest absolute Gasteiger partial charge is 0.269 e. The molecule has 1 aliphatic heterocycles. The Labute approximate surface area is 124 Å². The molecule has 2 heterocycles. The van der Waals surface area contributed by atoms with E-state index in [1.54, 1.807) is 12.3 Å². The van der Waals surface area contributed by atoms with Gasteiger partial charge in [0, 0.05) is 25.3 Å². The van der Waals surface area contributed by atoms with Gasteiger partial charge >= 0.3 is 0 Å². The first-order valence-corrected chi connectivity index (χ1v) is 7.52. The van der Waals surface area contributed by atoms with Crippen LogP contribution in [0.2, 0.25) is 0 Å². The van der Waals surface area contributed by atoms with Crippen molar-refractivity contribution in [2.45, 2.75) is 31.8 Å². The molecule has 1 atom stereocenters. The molecule has 0 saturated carbocycles. The van der Waals surface area contributed by atoms with Gasteiger partial charge in [0.2, 0.25) is 0 Å². The highest BCUT2D eigenvalue weighted by atomic mass is 16.3. The van der Waals surface area contributed by atoms with Crippen molar-refractivity contribution in [1.29, 1.82) is 0 Å². The van der Waals surface area contributed by atoms with Gasteiger partial charge in [0.05, 0.1) is 19.8 Å². The molecule has 1 saturated heterocycles. The number of aliphatic hydroxyl groups excluding tert-OH is 2. The Hall–Kier alpha value is -1.44. The van der Waals surface area contributed by atoms with Crippen LogP contribution in [0.25, 0.3) is 0 Å². The third-order valence-corrected chi connectivity index (χ3v) is 3.91. The Morgan fingerprint density at radius 3 is 3.00 bits per heavy atom. The number of nitrogens with one attached hydrogen (secondary N) is 1. The molecule has 0 radical (unpaired) electrons. The standard InChI is InChI=1S/C14H24N4O3/c19-10-9-18-13(4-5-16-18)14(21)15-6-8-17-7-2-1-3-12(17)11-20/h4-5,12,19-20H,1-3,6-11H2,(H,15,21). The number of amides is 1. The number of likely N-dealkylation sites (tertiary alicyclic amines) is 1. The normalized spacial score (nSPS) is 19.6. The Kier molecular flexibility index (Phi) is 6.16. The molecule has 0 aliphatic carbocycles. The number of carbonyl (C=O) groups excluding carboxylic acids is 1. The average Bonchev–Trinajstić information content (AvgIpc) is 2.96. The lowest BCUT2D eigenvalue weighted by Gasteiger charge is -2.34. The molecule has 1 aromatic rings. The molecule has 2 rings (SSSR count). The molecule has 7 nitrogen and oxygen atoms in total. The molecular formula is C14H24N4O3. The molecule has 0 bridgehead atoms. The van der Waals surface area contributed by atoms with E-state index in [1.807, 2.05) is 0 Å². The first-order chi connectivity index (χ1) is 10.3. The molecule has 0 spiro atoms. The van der Waals surface area contributed by atoms with Crippen LogP contribution in [0, 0.1) is 0 Å². The van der Waals surface area contributed by atoms with E-state index in [2.05, 4.69) is 15.3 Å². The van der Waals surface area contributed by atoms with E-state index in [9.17, 15) is 9.90 Å². The number of aromatic nitrogens is 2. The van der Waals surface area contributed by atoms with Gasteiger partial charge in [-0.2, -0.15) is 5.10 Å². The van der Waals surface area contributed by atoms with Crippen molar-refractivity contribution in [3.63, 3.8) is 0 Å². The van der Waals surface area contributed by atoms with Crippen LogP contribution >= 0.6 is 0 Å². The zero-order valence-electron chi connectivity index (χ0n) is 12.2. The fourth-order valence-corrected chi connectivity index (χ4v) is 2.76. The molecule has 1 amide bonds. The van der Waals surface area contributed by atoms with Crippen molar-refractivity contribution >= 4 is 5.91 Å². The van der Waals surface area contributed by atoms with Gasteiger partial charge in [-0.25, -0.2) is 0 Å². The van der Waals surface area contributed by atoms with Crippen LogP contribution in [-0.4, -0.2) is 69.7 Å². The maximum atomic E-state index is 12.1. The van der Waals surface area contributed by atoms with Gasteiger partial charge < -0.3 is 15.5 Å². The summed E-state index contributed by atoms with van der Waals surface area (Å²) in [5, 5.41) is 25.1. The molecule has 3 N–H and O–H groups in total. The van der Waals surface area contributed by atoms with E-state index in [-0.39, 0.29) is 25.2 Å². The number of nitrogens with zero attached hydrogens (tertiary/aromatic N) is 3. The molecule has 1 fully saturated rings. The summed E-state index contributed by atoms with van der Waals surface area (Å²) in [6, 6.07) is 1.86. The largest absolute Gasteiger partial charge is 0.395 e. The van der Waals surface area contributed by atoms with Crippen molar-refractivity contribution in [3.8, 4) is 0 Å². The third kappa shape index (κ3) is 4.26. The highest BCUT2D eigenvalue weighted by Crippen LogP contribution is 2.15. The summed E-state index contributed by atoms with van der Waals surface area (Å²) in [5.41, 5.74) is 0.460. The molecule has 1 unspecified atom stereocenters. The molecule has 7 heteroatoms. The van der Waals surface area contributed by atoms with Gasteiger partial charge in [0.1, 0.15) is 5.69 Å². The summed E-state index contributed by atoms with van der Waals surface area (Å²) >= 11 is 0. The highest BCUT2D eigenvalue weighted by molar-refractivity contribution is 5.92. The van der Waals surface area contributed by atoms with Gasteiger partial charge in [-0.1, -0.05) is 6.42 Å². The van der Waals surface area contributed by atoms with Gasteiger partial charge in [-0.3, -0.25) is 14.4 Å². The summed E-state index contributed by atoms with van der Waals surface area (Å²) in [7, 11) is 0. The van der Waals surface area contributed by atoms with Gasteiger partial charge in [0.15, 0.2) is 0 Å². The average molecular weight is 296 g/mol. The van der Waals surface area contributed by atoms with Crippen molar-refractivity contribution in [2.24, 2.45) is 0 Å². The maximum Gasteiger partial charge on any atom is 0.269 e. The molecule has 118 valence electrons. The number of aliphatic hydroxyl groups is 2. The van der Waals surface area contributed by atoms with E-state index >= 15 is 0 Å². The molecule has 1 aromatic heterocycles. The highest BCUT2D eigenvalue weighted by Gasteiger charge is 2.21. The van der Waals surface area contributed by atoms with Crippen LogP contribution in [0.5, 0.6) is 0 Å². The molecular weight excluding hydrogens is 272 g/mol. The van der Waals surface area contributed by atoms with E-state index in [4.69, 9.17) is 5.11 Å². The topological polar surface area (TPSA) is 90.6 Å². The Balaban J connectivity index is 1.79. The lowest BCUT2D eigenvalue weighted by molar-refractivity contribution is 0.0843. The Morgan fingerprint density at radius 2 is 2.24 bits per heavy atom. The maximum absolute atomic E-state index is 12.1. The summed E-state index contributed by atoms with van der Waals surface area (Å²) in [4.78, 5) is 14.3. The van der Waals surface area contributed by atoms with Gasteiger partial charge in [0.25, 0.3) is 5.91 Å². The van der Waals surface area contributed by atoms with Crippen LogP contribution in [0.4, 0.5) is 0 Å². The lowest BCUT2D eigenvalue weighted by Crippen LogP contribution is -2.45. The summed E-state index contributed by atoms with van der Waals surface area (Å²) < 4.78 is 1.49. The zero-order chi connectivity index (χ0) is 15.1. The fourth-order valence-electron chi connectivity index (χ4n) is 2.76. The van der Waals surface area contributed by atoms with E-state index in [0.29, 0.717) is 18.8 Å². The number of hydrogen-bond donors (Lipinski definition) is 3. The predicted molar refractivity (Wildman–Crippen MR) is 77.9 cm³/mol. The Bertz CT molecular complexity index is 449. The van der Waals surface area contributed by atoms with Crippen LogP contribution < -0.4 is 5.32 Å². The van der Waals surface area contributed by atoms with E-state index in [0.717, 1.165) is 32.4 Å². The molecule has 0 aromatic carbocycles. The number of rotatable bonds is 7. The molecule has 21 heavy (non-hydrogen) atoms. The number of carbonyl (C=O) groups is 1. The van der Waals surface area contributed by atoms with Crippen molar-refractivity contribution < 1.29 is 15.0 Å². The minimum Gasteiger partial charge on any atom is -0.395 e. The van der Waals surface area contributed by atoms with E-state index < -0.39 is 0 Å². The quantitative estimate of drug-likeness (QED) is 0.628. The SMILES string of the molecule is O=C(NCCN1CCCCC1CO)c1ccnn1CCO. The minimum absolute atomic E-state index is 0.0477. The lowest BCUT2D eigenvalue weighted by atomic mass is 10.0. The van der Waals surface area contributed by atoms with Crippen LogP contribution in [0.15, 0.2) is 12.3 Å². The number of piperidine rings is 1. The summed E-state index contributed by atoms with van der Waals surface area (Å²) in [6.07, 6.45) is 4.88. The van der Waals surface area contributed by atoms with E-state index in [1.165, 1.54) is 4.68 Å². The van der Waals surface area contributed by atoms with Gasteiger partial charge in [-0.15, -0.1) is 0 Å². The monoisotopic (exact) mass is 296 g/mol. The molecule has 1 aliphatic rings. The zero-order valence-corrected chi connectivity index (χ0v) is 12.2. The van der Waals surface area contributed by atoms with Crippen LogP contribution in [-0.2, 0) is 6.54 Å². The van der Waals surface area contributed by atoms with Crippen LogP contribution in [0.1, 0.15) is 29.8 Å².